The quantitative estimate of drug-likeness (QED) is 0.503. The number of benzene rings is 1. The normalized spacial score (nSPS) is 18.2. The highest BCUT2D eigenvalue weighted by molar-refractivity contribution is 6.02. The van der Waals surface area contributed by atoms with Crippen molar-refractivity contribution in [3.05, 3.63) is 47.7 Å². The number of aromatic nitrogens is 1. The fraction of sp³-hybridized carbons (Fsp3) is 0.429. The van der Waals surface area contributed by atoms with Gasteiger partial charge in [0.1, 0.15) is 0 Å². The van der Waals surface area contributed by atoms with Crippen LogP contribution in [0.5, 0.6) is 0 Å². The Balaban J connectivity index is 2.19. The van der Waals surface area contributed by atoms with Gasteiger partial charge in [-0.05, 0) is 44.9 Å². The van der Waals surface area contributed by atoms with Crippen LogP contribution < -0.4 is 0 Å². The second-order valence-corrected chi connectivity index (χ2v) is 6.81. The smallest absolute Gasteiger partial charge is 0.323 e. The fourth-order valence-corrected chi connectivity index (χ4v) is 3.87. The third-order valence-corrected chi connectivity index (χ3v) is 5.13. The van der Waals surface area contributed by atoms with E-state index in [1.165, 1.54) is 0 Å². The fourth-order valence-electron chi connectivity index (χ4n) is 3.87. The van der Waals surface area contributed by atoms with E-state index in [1.54, 1.807) is 19.9 Å². The van der Waals surface area contributed by atoms with Gasteiger partial charge < -0.3 is 14.5 Å². The van der Waals surface area contributed by atoms with Crippen molar-refractivity contribution in [1.29, 1.82) is 0 Å². The molecule has 5 heteroatoms. The number of aryl methyl sites for hydroxylation is 1. The van der Waals surface area contributed by atoms with E-state index in [2.05, 4.69) is 17.6 Å². The first kappa shape index (κ1) is 18.2. The number of carbonyl (C=O) groups excluding carboxylic acids is 2. The number of allylic oxidation sites excluding steroid dienone is 1. The number of hydrogen-bond donors (Lipinski definition) is 1. The highest BCUT2D eigenvalue weighted by atomic mass is 16.6. The van der Waals surface area contributed by atoms with Crippen LogP contribution in [-0.2, 0) is 25.5 Å². The maximum atomic E-state index is 12.9. The third-order valence-electron chi connectivity index (χ3n) is 5.13. The molecule has 0 fully saturated rings. The van der Waals surface area contributed by atoms with Gasteiger partial charge in [-0.3, -0.25) is 9.59 Å². The third kappa shape index (κ3) is 2.81. The number of rotatable bonds is 5. The molecule has 2 aromatic rings. The van der Waals surface area contributed by atoms with Crippen molar-refractivity contribution in [2.75, 3.05) is 13.2 Å². The zero-order valence-corrected chi connectivity index (χ0v) is 15.6. The molecule has 1 aliphatic rings. The Morgan fingerprint density at radius 1 is 1.27 bits per heavy atom. The number of H-pyrrole nitrogens is 1. The maximum Gasteiger partial charge on any atom is 0.323 e. The Morgan fingerprint density at radius 2 is 1.92 bits per heavy atom. The molecule has 0 amide bonds. The Hall–Kier alpha value is -2.56. The van der Waals surface area contributed by atoms with E-state index in [4.69, 9.17) is 9.47 Å². The summed E-state index contributed by atoms with van der Waals surface area (Å²) >= 11 is 0. The molecular weight excluding hydrogens is 330 g/mol. The highest BCUT2D eigenvalue weighted by Gasteiger charge is 2.53. The van der Waals surface area contributed by atoms with Crippen molar-refractivity contribution >= 4 is 22.8 Å². The zero-order chi connectivity index (χ0) is 18.9. The van der Waals surface area contributed by atoms with Crippen molar-refractivity contribution in [2.24, 2.45) is 5.41 Å². The van der Waals surface area contributed by atoms with E-state index in [-0.39, 0.29) is 25.6 Å². The van der Waals surface area contributed by atoms with Gasteiger partial charge in [0.2, 0.25) is 0 Å². The van der Waals surface area contributed by atoms with E-state index in [9.17, 15) is 9.59 Å². The molecule has 3 rings (SSSR count). The SMILES string of the molecule is C=C[C@H]1CC(C(=O)OCC)(C(=O)OCC)Cc2c1[nH]c1ccc(C)cc21. The summed E-state index contributed by atoms with van der Waals surface area (Å²) in [6.07, 6.45) is 2.36. The van der Waals surface area contributed by atoms with Gasteiger partial charge in [-0.25, -0.2) is 0 Å². The minimum absolute atomic E-state index is 0.153. The average molecular weight is 355 g/mol. The lowest BCUT2D eigenvalue weighted by Crippen LogP contribution is -2.47. The zero-order valence-electron chi connectivity index (χ0n) is 15.6. The Bertz CT molecular complexity index is 846. The van der Waals surface area contributed by atoms with E-state index < -0.39 is 17.4 Å². The van der Waals surface area contributed by atoms with Crippen molar-refractivity contribution in [2.45, 2.75) is 39.5 Å². The van der Waals surface area contributed by atoms with Gasteiger partial charge in [-0.15, -0.1) is 6.58 Å². The lowest BCUT2D eigenvalue weighted by Gasteiger charge is -2.35. The summed E-state index contributed by atoms with van der Waals surface area (Å²) in [5.41, 5.74) is 2.77. The van der Waals surface area contributed by atoms with Gasteiger partial charge in [-0.1, -0.05) is 17.7 Å². The molecule has 0 aliphatic heterocycles. The molecule has 0 spiro atoms. The minimum Gasteiger partial charge on any atom is -0.465 e. The standard InChI is InChI=1S/C21H25NO4/c1-5-14-11-21(19(23)25-6-2,20(24)26-7-3)12-16-15-10-13(4)8-9-17(15)22-18(14)16/h5,8-10,14,22H,1,6-7,11-12H2,2-4H3/t14-/m0/s1. The van der Waals surface area contributed by atoms with Crippen LogP contribution in [0.1, 0.15) is 43.0 Å². The van der Waals surface area contributed by atoms with Gasteiger partial charge in [0.25, 0.3) is 0 Å². The van der Waals surface area contributed by atoms with E-state index in [0.29, 0.717) is 6.42 Å². The van der Waals surface area contributed by atoms with Gasteiger partial charge in [0, 0.05) is 28.9 Å². The molecule has 0 radical (unpaired) electrons. The number of ether oxygens (including phenoxy) is 2. The molecule has 1 N–H and O–H groups in total. The summed E-state index contributed by atoms with van der Waals surface area (Å²) in [6, 6.07) is 6.15. The van der Waals surface area contributed by atoms with Crippen molar-refractivity contribution in [3.63, 3.8) is 0 Å². The number of esters is 2. The molecule has 1 aliphatic carbocycles. The van der Waals surface area contributed by atoms with Crippen molar-refractivity contribution in [1.82, 2.24) is 4.98 Å². The first-order chi connectivity index (χ1) is 12.5. The molecule has 1 aromatic carbocycles. The molecule has 138 valence electrons. The summed E-state index contributed by atoms with van der Waals surface area (Å²) in [4.78, 5) is 29.2. The number of nitrogens with one attached hydrogen (secondary N) is 1. The molecule has 26 heavy (non-hydrogen) atoms. The number of hydrogen-bond acceptors (Lipinski definition) is 4. The van der Waals surface area contributed by atoms with Crippen LogP contribution >= 0.6 is 0 Å². The molecule has 1 atom stereocenters. The monoisotopic (exact) mass is 355 g/mol. The van der Waals surface area contributed by atoms with Gasteiger partial charge in [0.05, 0.1) is 13.2 Å². The molecule has 1 aromatic heterocycles. The minimum atomic E-state index is -1.34. The Morgan fingerprint density at radius 3 is 2.50 bits per heavy atom. The van der Waals surface area contributed by atoms with Crippen LogP contribution in [0.3, 0.4) is 0 Å². The molecule has 0 unspecified atom stereocenters. The molecule has 5 nitrogen and oxygen atoms in total. The first-order valence-electron chi connectivity index (χ1n) is 9.05. The van der Waals surface area contributed by atoms with Gasteiger partial charge >= 0.3 is 11.9 Å². The molecular formula is C21H25NO4. The Kier molecular flexibility index (Phi) is 4.90. The number of carbonyl (C=O) groups is 2. The van der Waals surface area contributed by atoms with Crippen LogP contribution in [0.25, 0.3) is 10.9 Å². The number of fused-ring (bicyclic) bond motifs is 3. The Labute approximate surface area is 153 Å². The summed E-state index contributed by atoms with van der Waals surface area (Å²) in [7, 11) is 0. The lowest BCUT2D eigenvalue weighted by molar-refractivity contribution is -0.173. The second-order valence-electron chi connectivity index (χ2n) is 6.81. The summed E-state index contributed by atoms with van der Waals surface area (Å²) in [5.74, 6) is -1.18. The van der Waals surface area contributed by atoms with Crippen molar-refractivity contribution < 1.29 is 19.1 Å². The lowest BCUT2D eigenvalue weighted by atomic mass is 9.68. The van der Waals surface area contributed by atoms with Crippen molar-refractivity contribution in [3.8, 4) is 0 Å². The summed E-state index contributed by atoms with van der Waals surface area (Å²) < 4.78 is 10.6. The van der Waals surface area contributed by atoms with Crippen LogP contribution in [0.4, 0.5) is 0 Å². The molecule has 1 heterocycles. The molecule has 0 saturated heterocycles. The van der Waals surface area contributed by atoms with E-state index >= 15 is 0 Å². The predicted octanol–water partition coefficient (Wildman–Crippen LogP) is 3.80. The largest absolute Gasteiger partial charge is 0.465 e. The first-order valence-corrected chi connectivity index (χ1v) is 9.05. The van der Waals surface area contributed by atoms with Gasteiger partial charge in [-0.2, -0.15) is 0 Å². The van der Waals surface area contributed by atoms with Gasteiger partial charge in [0.15, 0.2) is 5.41 Å². The number of aromatic amines is 1. The summed E-state index contributed by atoms with van der Waals surface area (Å²) in [5, 5.41) is 1.03. The predicted molar refractivity (Wildman–Crippen MR) is 100.0 cm³/mol. The van der Waals surface area contributed by atoms with Crippen LogP contribution in [0, 0.1) is 12.3 Å². The van der Waals surface area contributed by atoms with Crippen LogP contribution in [-0.4, -0.2) is 30.1 Å². The van der Waals surface area contributed by atoms with Crippen LogP contribution in [0.15, 0.2) is 30.9 Å². The van der Waals surface area contributed by atoms with E-state index in [0.717, 1.165) is 27.7 Å². The maximum absolute atomic E-state index is 12.9. The molecule has 0 bridgehead atoms. The highest BCUT2D eigenvalue weighted by Crippen LogP contribution is 2.47. The summed E-state index contributed by atoms with van der Waals surface area (Å²) in [6.45, 7) is 9.87. The topological polar surface area (TPSA) is 68.4 Å². The van der Waals surface area contributed by atoms with E-state index in [1.807, 2.05) is 19.1 Å². The second kappa shape index (κ2) is 6.98. The average Bonchev–Trinajstić information content (AvgIpc) is 2.98. The molecule has 0 saturated carbocycles. The van der Waals surface area contributed by atoms with Crippen LogP contribution in [0.2, 0.25) is 0 Å².